The van der Waals surface area contributed by atoms with Gasteiger partial charge in [-0.05, 0) is 55.7 Å². The fourth-order valence-corrected chi connectivity index (χ4v) is 4.05. The van der Waals surface area contributed by atoms with E-state index in [0.717, 1.165) is 28.6 Å². The summed E-state index contributed by atoms with van der Waals surface area (Å²) < 4.78 is 1.02. The summed E-state index contributed by atoms with van der Waals surface area (Å²) in [6, 6.07) is 5.91. The quantitative estimate of drug-likeness (QED) is 0.879. The van der Waals surface area contributed by atoms with Crippen LogP contribution in [0, 0.1) is 24.7 Å². The molecule has 3 rings (SSSR count). The zero-order valence-electron chi connectivity index (χ0n) is 11.0. The minimum atomic E-state index is -0.00266. The van der Waals surface area contributed by atoms with Gasteiger partial charge < -0.3 is 11.1 Å². The van der Waals surface area contributed by atoms with Crippen LogP contribution in [0.4, 0.5) is 5.69 Å². The van der Waals surface area contributed by atoms with Crippen LogP contribution in [0.25, 0.3) is 0 Å². The maximum absolute atomic E-state index is 12.5. The van der Waals surface area contributed by atoms with Crippen LogP contribution in [0.1, 0.15) is 24.8 Å². The van der Waals surface area contributed by atoms with E-state index in [1.165, 1.54) is 6.42 Å². The van der Waals surface area contributed by atoms with E-state index in [1.807, 2.05) is 25.1 Å². The van der Waals surface area contributed by atoms with Gasteiger partial charge in [-0.1, -0.05) is 22.0 Å². The Morgan fingerprint density at radius 3 is 2.79 bits per heavy atom. The molecule has 1 aromatic rings. The molecule has 0 spiro atoms. The first-order valence-corrected chi connectivity index (χ1v) is 7.69. The molecule has 4 heteroatoms. The molecule has 1 amide bonds. The van der Waals surface area contributed by atoms with Gasteiger partial charge in [-0.3, -0.25) is 4.79 Å². The molecule has 1 aromatic carbocycles. The van der Waals surface area contributed by atoms with E-state index < -0.39 is 0 Å². The Morgan fingerprint density at radius 1 is 1.37 bits per heavy atom. The molecule has 4 atom stereocenters. The van der Waals surface area contributed by atoms with Gasteiger partial charge in [0.1, 0.15) is 0 Å². The summed E-state index contributed by atoms with van der Waals surface area (Å²) in [5.41, 5.74) is 8.16. The van der Waals surface area contributed by atoms with Crippen LogP contribution in [0.5, 0.6) is 0 Å². The normalized spacial score (nSPS) is 32.6. The van der Waals surface area contributed by atoms with Crippen LogP contribution in [0.3, 0.4) is 0 Å². The maximum Gasteiger partial charge on any atom is 0.229 e. The molecule has 0 aromatic heterocycles. The summed E-state index contributed by atoms with van der Waals surface area (Å²) in [5.74, 6) is 1.15. The van der Waals surface area contributed by atoms with Crippen LogP contribution in [-0.4, -0.2) is 11.9 Å². The van der Waals surface area contributed by atoms with Gasteiger partial charge in [0.25, 0.3) is 0 Å². The average molecular weight is 323 g/mol. The van der Waals surface area contributed by atoms with Crippen molar-refractivity contribution in [2.45, 2.75) is 32.2 Å². The number of anilines is 1. The number of hydrogen-bond donors (Lipinski definition) is 2. The van der Waals surface area contributed by atoms with Crippen LogP contribution in [0.15, 0.2) is 22.7 Å². The van der Waals surface area contributed by atoms with E-state index in [9.17, 15) is 4.79 Å². The largest absolute Gasteiger partial charge is 0.327 e. The summed E-state index contributed by atoms with van der Waals surface area (Å²) in [4.78, 5) is 12.5. The number of hydrogen-bond acceptors (Lipinski definition) is 2. The van der Waals surface area contributed by atoms with Crippen molar-refractivity contribution in [3.05, 3.63) is 28.2 Å². The van der Waals surface area contributed by atoms with Gasteiger partial charge >= 0.3 is 0 Å². The predicted molar refractivity (Wildman–Crippen MR) is 79.8 cm³/mol. The molecular formula is C15H19BrN2O. The molecule has 0 radical (unpaired) electrons. The zero-order valence-corrected chi connectivity index (χ0v) is 12.6. The van der Waals surface area contributed by atoms with E-state index in [-0.39, 0.29) is 17.9 Å². The lowest BCUT2D eigenvalue weighted by atomic mass is 9.84. The third-order valence-corrected chi connectivity index (χ3v) is 5.67. The molecular weight excluding hydrogens is 304 g/mol. The van der Waals surface area contributed by atoms with Gasteiger partial charge in [-0.25, -0.2) is 0 Å². The fourth-order valence-electron chi connectivity index (χ4n) is 3.68. The highest BCUT2D eigenvalue weighted by Crippen LogP contribution is 2.48. The van der Waals surface area contributed by atoms with E-state index in [1.54, 1.807) is 0 Å². The zero-order chi connectivity index (χ0) is 13.6. The minimum absolute atomic E-state index is 0.00266. The lowest BCUT2D eigenvalue weighted by molar-refractivity contribution is -0.121. The summed E-state index contributed by atoms with van der Waals surface area (Å²) in [6.45, 7) is 2.00. The number of amides is 1. The molecule has 19 heavy (non-hydrogen) atoms. The van der Waals surface area contributed by atoms with Crippen LogP contribution >= 0.6 is 15.9 Å². The van der Waals surface area contributed by atoms with Crippen LogP contribution in [0.2, 0.25) is 0 Å². The molecule has 0 saturated heterocycles. The maximum atomic E-state index is 12.5. The molecule has 4 unspecified atom stereocenters. The van der Waals surface area contributed by atoms with Crippen molar-refractivity contribution in [1.82, 2.24) is 0 Å². The summed E-state index contributed by atoms with van der Waals surface area (Å²) in [7, 11) is 0. The molecule has 102 valence electrons. The van der Waals surface area contributed by atoms with Crippen molar-refractivity contribution in [2.75, 3.05) is 5.32 Å². The summed E-state index contributed by atoms with van der Waals surface area (Å²) >= 11 is 3.49. The van der Waals surface area contributed by atoms with Crippen LogP contribution in [-0.2, 0) is 4.79 Å². The van der Waals surface area contributed by atoms with Gasteiger partial charge in [0.15, 0.2) is 0 Å². The molecule has 2 saturated carbocycles. The van der Waals surface area contributed by atoms with E-state index in [2.05, 4.69) is 21.2 Å². The molecule has 3 nitrogen and oxygen atoms in total. The third kappa shape index (κ3) is 2.21. The first-order chi connectivity index (χ1) is 9.08. The number of halogens is 1. The van der Waals surface area contributed by atoms with Crippen molar-refractivity contribution in [3.63, 3.8) is 0 Å². The minimum Gasteiger partial charge on any atom is -0.327 e. The Bertz CT molecular complexity index is 515. The first kappa shape index (κ1) is 13.1. The number of nitrogens with one attached hydrogen (secondary N) is 1. The Morgan fingerprint density at radius 2 is 2.11 bits per heavy atom. The van der Waals surface area contributed by atoms with Crippen molar-refractivity contribution < 1.29 is 4.79 Å². The molecule has 2 aliphatic carbocycles. The number of nitrogens with two attached hydrogens (primary N) is 1. The standard InChI is InChI=1S/C15H19BrN2O/c1-8-11(16)3-2-4-12(8)18-15(19)13-9-5-6-10(7-9)14(13)17/h2-4,9-10,13-14H,5-7,17H2,1H3,(H,18,19). The topological polar surface area (TPSA) is 55.1 Å². The first-order valence-electron chi connectivity index (χ1n) is 6.89. The Hall–Kier alpha value is -0.870. The van der Waals surface area contributed by atoms with Crippen LogP contribution < -0.4 is 11.1 Å². The lowest BCUT2D eigenvalue weighted by Crippen LogP contribution is -2.42. The van der Waals surface area contributed by atoms with Crippen molar-refractivity contribution in [3.8, 4) is 0 Å². The third-order valence-electron chi connectivity index (χ3n) is 4.81. The second-order valence-electron chi connectivity index (χ2n) is 5.84. The summed E-state index contributed by atoms with van der Waals surface area (Å²) in [6.07, 6.45) is 3.50. The Labute approximate surface area is 122 Å². The Balaban J connectivity index is 1.77. The summed E-state index contributed by atoms with van der Waals surface area (Å²) in [5, 5.41) is 3.06. The van der Waals surface area contributed by atoms with Gasteiger partial charge in [0.2, 0.25) is 5.91 Å². The number of fused-ring (bicyclic) bond motifs is 2. The highest BCUT2D eigenvalue weighted by atomic mass is 79.9. The van der Waals surface area contributed by atoms with Gasteiger partial charge in [0.05, 0.1) is 5.92 Å². The van der Waals surface area contributed by atoms with Crippen molar-refractivity contribution in [2.24, 2.45) is 23.5 Å². The lowest BCUT2D eigenvalue weighted by Gasteiger charge is -2.27. The van der Waals surface area contributed by atoms with Gasteiger partial charge in [-0.15, -0.1) is 0 Å². The highest BCUT2D eigenvalue weighted by Gasteiger charge is 2.49. The molecule has 2 fully saturated rings. The number of carbonyl (C=O) groups excluding carboxylic acids is 1. The predicted octanol–water partition coefficient (Wildman–Crippen LogP) is 3.07. The Kier molecular flexibility index (Phi) is 3.39. The number of rotatable bonds is 2. The SMILES string of the molecule is Cc1c(Br)cccc1NC(=O)C1C2CCC(C2)C1N. The van der Waals surface area contributed by atoms with Gasteiger partial charge in [0, 0.05) is 16.2 Å². The van der Waals surface area contributed by atoms with Crippen molar-refractivity contribution >= 4 is 27.5 Å². The van der Waals surface area contributed by atoms with E-state index in [0.29, 0.717) is 11.8 Å². The number of benzene rings is 1. The second kappa shape index (κ2) is 4.91. The molecule has 2 aliphatic rings. The molecule has 0 heterocycles. The smallest absolute Gasteiger partial charge is 0.229 e. The second-order valence-corrected chi connectivity index (χ2v) is 6.69. The average Bonchev–Trinajstić information content (AvgIpc) is 2.95. The van der Waals surface area contributed by atoms with Crippen molar-refractivity contribution in [1.29, 1.82) is 0 Å². The van der Waals surface area contributed by atoms with E-state index >= 15 is 0 Å². The molecule has 0 aliphatic heterocycles. The molecule has 2 bridgehead atoms. The van der Waals surface area contributed by atoms with E-state index in [4.69, 9.17) is 5.73 Å². The molecule has 3 N–H and O–H groups in total. The fraction of sp³-hybridized carbons (Fsp3) is 0.533. The number of carbonyl (C=O) groups is 1. The highest BCUT2D eigenvalue weighted by molar-refractivity contribution is 9.10. The monoisotopic (exact) mass is 322 g/mol. The van der Waals surface area contributed by atoms with Gasteiger partial charge in [-0.2, -0.15) is 0 Å².